The Bertz CT molecular complexity index is 808. The first kappa shape index (κ1) is 19.5. The van der Waals surface area contributed by atoms with E-state index in [9.17, 15) is 14.4 Å². The molecular formula is C19H19ClN2O4. The number of rotatable bonds is 6. The van der Waals surface area contributed by atoms with Gasteiger partial charge in [0.1, 0.15) is 6.04 Å². The fraction of sp³-hybridized carbons (Fsp3) is 0.211. The first-order valence-electron chi connectivity index (χ1n) is 7.95. The predicted molar refractivity (Wildman–Crippen MR) is 99.1 cm³/mol. The second-order valence-electron chi connectivity index (χ2n) is 5.68. The van der Waals surface area contributed by atoms with Crippen LogP contribution >= 0.6 is 11.6 Å². The molecule has 7 heteroatoms. The van der Waals surface area contributed by atoms with Crippen molar-refractivity contribution in [1.29, 1.82) is 0 Å². The van der Waals surface area contributed by atoms with Crippen LogP contribution in [0.1, 0.15) is 22.8 Å². The van der Waals surface area contributed by atoms with E-state index in [1.165, 1.54) is 6.92 Å². The Morgan fingerprint density at radius 3 is 2.50 bits per heavy atom. The first-order valence-corrected chi connectivity index (χ1v) is 8.33. The highest BCUT2D eigenvalue weighted by atomic mass is 35.5. The number of hydrogen-bond donors (Lipinski definition) is 2. The molecule has 6 nitrogen and oxygen atoms in total. The van der Waals surface area contributed by atoms with E-state index < -0.39 is 30.4 Å². The highest BCUT2D eigenvalue weighted by Crippen LogP contribution is 2.19. The topological polar surface area (TPSA) is 84.5 Å². The Kier molecular flexibility index (Phi) is 6.74. The molecule has 2 aromatic carbocycles. The van der Waals surface area contributed by atoms with Crippen LogP contribution in [0.3, 0.4) is 0 Å². The first-order chi connectivity index (χ1) is 12.4. The smallest absolute Gasteiger partial charge is 0.328 e. The number of amides is 2. The van der Waals surface area contributed by atoms with E-state index in [1.54, 1.807) is 48.5 Å². The summed E-state index contributed by atoms with van der Waals surface area (Å²) in [5.74, 6) is -1.59. The number of ether oxygens (including phenoxy) is 1. The van der Waals surface area contributed by atoms with Crippen LogP contribution in [-0.2, 0) is 14.3 Å². The standard InChI is InChI=1S/C19H19ClN2O4/c1-12-8-9-15(20)10-16(12)22-17(23)11-26-19(25)13(2)21-18(24)14-6-4-3-5-7-14/h3-10,13H,11H2,1-2H3,(H,21,24)(H,22,23). The van der Waals surface area contributed by atoms with Gasteiger partial charge in [0, 0.05) is 16.3 Å². The summed E-state index contributed by atoms with van der Waals surface area (Å²) in [5.41, 5.74) is 1.81. The third kappa shape index (κ3) is 5.60. The van der Waals surface area contributed by atoms with Crippen LogP contribution < -0.4 is 10.6 Å². The van der Waals surface area contributed by atoms with Crippen LogP contribution in [0.25, 0.3) is 0 Å². The molecule has 0 aliphatic carbocycles. The van der Waals surface area contributed by atoms with E-state index in [1.807, 2.05) is 6.92 Å². The molecule has 0 aromatic heterocycles. The van der Waals surface area contributed by atoms with Gasteiger partial charge in [0.25, 0.3) is 11.8 Å². The largest absolute Gasteiger partial charge is 0.454 e. The predicted octanol–water partition coefficient (Wildman–Crippen LogP) is 2.95. The van der Waals surface area contributed by atoms with Crippen LogP contribution in [0, 0.1) is 6.92 Å². The summed E-state index contributed by atoms with van der Waals surface area (Å²) in [6.45, 7) is 2.84. The number of esters is 1. The van der Waals surface area contributed by atoms with Gasteiger partial charge in [-0.25, -0.2) is 4.79 Å². The fourth-order valence-electron chi connectivity index (χ4n) is 2.11. The molecular weight excluding hydrogens is 356 g/mol. The van der Waals surface area contributed by atoms with E-state index in [0.717, 1.165) is 5.56 Å². The Balaban J connectivity index is 1.82. The Morgan fingerprint density at radius 1 is 1.12 bits per heavy atom. The third-order valence-electron chi connectivity index (χ3n) is 3.56. The van der Waals surface area contributed by atoms with Gasteiger partial charge in [0.2, 0.25) is 0 Å². The molecule has 0 aliphatic rings. The van der Waals surface area contributed by atoms with Crippen LogP contribution in [0.5, 0.6) is 0 Å². The normalized spacial score (nSPS) is 11.3. The minimum absolute atomic E-state index is 0.394. The summed E-state index contributed by atoms with van der Waals surface area (Å²) in [5, 5.41) is 5.63. The number of aryl methyl sites for hydroxylation is 1. The molecule has 1 unspecified atom stereocenters. The number of halogens is 1. The summed E-state index contributed by atoms with van der Waals surface area (Å²) in [6, 6.07) is 12.7. The summed E-state index contributed by atoms with van der Waals surface area (Å²) < 4.78 is 4.95. The zero-order chi connectivity index (χ0) is 19.1. The average molecular weight is 375 g/mol. The van der Waals surface area contributed by atoms with E-state index in [4.69, 9.17) is 16.3 Å². The number of nitrogens with one attached hydrogen (secondary N) is 2. The van der Waals surface area contributed by atoms with E-state index in [0.29, 0.717) is 16.3 Å². The molecule has 0 spiro atoms. The minimum atomic E-state index is -0.886. The lowest BCUT2D eigenvalue weighted by molar-refractivity contribution is -0.148. The van der Waals surface area contributed by atoms with Crippen molar-refractivity contribution in [1.82, 2.24) is 5.32 Å². The van der Waals surface area contributed by atoms with Crippen LogP contribution in [0.15, 0.2) is 48.5 Å². The molecule has 2 rings (SSSR count). The third-order valence-corrected chi connectivity index (χ3v) is 3.79. The van der Waals surface area contributed by atoms with Crippen molar-refractivity contribution in [2.75, 3.05) is 11.9 Å². The Morgan fingerprint density at radius 2 is 1.81 bits per heavy atom. The summed E-state index contributed by atoms with van der Waals surface area (Å²) in [7, 11) is 0. The van der Waals surface area contributed by atoms with E-state index in [-0.39, 0.29) is 0 Å². The van der Waals surface area contributed by atoms with E-state index in [2.05, 4.69) is 10.6 Å². The summed E-state index contributed by atoms with van der Waals surface area (Å²) in [6.07, 6.45) is 0. The number of carbonyl (C=O) groups is 3. The molecule has 0 saturated heterocycles. The fourth-order valence-corrected chi connectivity index (χ4v) is 2.28. The molecule has 2 aromatic rings. The number of carbonyl (C=O) groups excluding carboxylic acids is 3. The summed E-state index contributed by atoms with van der Waals surface area (Å²) in [4.78, 5) is 35.9. The molecule has 0 radical (unpaired) electrons. The van der Waals surface area contributed by atoms with Gasteiger partial charge in [0.15, 0.2) is 6.61 Å². The second kappa shape index (κ2) is 9.01. The number of anilines is 1. The average Bonchev–Trinajstić information content (AvgIpc) is 2.63. The van der Waals surface area contributed by atoms with Crippen molar-refractivity contribution in [2.24, 2.45) is 0 Å². The van der Waals surface area contributed by atoms with Crippen molar-refractivity contribution in [3.63, 3.8) is 0 Å². The lowest BCUT2D eigenvalue weighted by atomic mass is 10.2. The molecule has 2 amide bonds. The van der Waals surface area contributed by atoms with Gasteiger partial charge in [-0.3, -0.25) is 9.59 Å². The molecule has 0 aliphatic heterocycles. The number of hydrogen-bond acceptors (Lipinski definition) is 4. The SMILES string of the molecule is Cc1ccc(Cl)cc1NC(=O)COC(=O)C(C)NC(=O)c1ccccc1. The van der Waals surface area contributed by atoms with Crippen LogP contribution in [-0.4, -0.2) is 30.4 Å². The van der Waals surface area contributed by atoms with E-state index >= 15 is 0 Å². The second-order valence-corrected chi connectivity index (χ2v) is 6.11. The van der Waals surface area contributed by atoms with Gasteiger partial charge >= 0.3 is 5.97 Å². The Labute approximate surface area is 156 Å². The van der Waals surface area contributed by atoms with Crippen molar-refractivity contribution in [3.8, 4) is 0 Å². The molecule has 26 heavy (non-hydrogen) atoms. The van der Waals surface area contributed by atoms with Crippen LogP contribution in [0.2, 0.25) is 5.02 Å². The molecule has 2 N–H and O–H groups in total. The lowest BCUT2D eigenvalue weighted by Gasteiger charge is -2.14. The molecule has 0 saturated carbocycles. The molecule has 0 heterocycles. The number of benzene rings is 2. The quantitative estimate of drug-likeness (QED) is 0.761. The molecule has 136 valence electrons. The maximum absolute atomic E-state index is 12.0. The van der Waals surface area contributed by atoms with Crippen molar-refractivity contribution in [2.45, 2.75) is 19.9 Å². The van der Waals surface area contributed by atoms with Crippen molar-refractivity contribution >= 4 is 35.1 Å². The molecule has 0 fully saturated rings. The van der Waals surface area contributed by atoms with Gasteiger partial charge in [-0.2, -0.15) is 0 Å². The highest BCUT2D eigenvalue weighted by molar-refractivity contribution is 6.31. The van der Waals surface area contributed by atoms with Crippen LogP contribution in [0.4, 0.5) is 5.69 Å². The Hall–Kier alpha value is -2.86. The summed E-state index contributed by atoms with van der Waals surface area (Å²) >= 11 is 5.89. The van der Waals surface area contributed by atoms with Gasteiger partial charge in [-0.05, 0) is 43.7 Å². The monoisotopic (exact) mass is 374 g/mol. The highest BCUT2D eigenvalue weighted by Gasteiger charge is 2.19. The van der Waals surface area contributed by atoms with Gasteiger partial charge in [0.05, 0.1) is 0 Å². The minimum Gasteiger partial charge on any atom is -0.454 e. The van der Waals surface area contributed by atoms with Gasteiger partial charge < -0.3 is 15.4 Å². The maximum Gasteiger partial charge on any atom is 0.328 e. The lowest BCUT2D eigenvalue weighted by Crippen LogP contribution is -2.40. The maximum atomic E-state index is 12.0. The van der Waals surface area contributed by atoms with Gasteiger partial charge in [-0.15, -0.1) is 0 Å². The van der Waals surface area contributed by atoms with Crippen molar-refractivity contribution < 1.29 is 19.1 Å². The zero-order valence-electron chi connectivity index (χ0n) is 14.4. The zero-order valence-corrected chi connectivity index (χ0v) is 15.2. The molecule has 1 atom stereocenters. The van der Waals surface area contributed by atoms with Crippen molar-refractivity contribution in [3.05, 3.63) is 64.7 Å². The molecule has 0 bridgehead atoms. The van der Waals surface area contributed by atoms with Gasteiger partial charge in [-0.1, -0.05) is 35.9 Å².